The maximum absolute atomic E-state index is 14.2. The zero-order valence-corrected chi connectivity index (χ0v) is 19.1. The van der Waals surface area contributed by atoms with Crippen LogP contribution < -0.4 is 9.80 Å². The maximum atomic E-state index is 14.2. The SMILES string of the molecule is CC(=O)N(c1nc(/C=C/C(=O)N2CCCN(c3nccs3)CC2)cs1)c1ccccc1F. The highest BCUT2D eigenvalue weighted by molar-refractivity contribution is 7.14. The quantitative estimate of drug-likeness (QED) is 0.523. The number of nitrogens with zero attached hydrogens (tertiary/aromatic N) is 5. The topological polar surface area (TPSA) is 69.6 Å². The fourth-order valence-electron chi connectivity index (χ4n) is 3.46. The van der Waals surface area contributed by atoms with Gasteiger partial charge in [-0.2, -0.15) is 0 Å². The van der Waals surface area contributed by atoms with Gasteiger partial charge in [0.2, 0.25) is 11.8 Å². The lowest BCUT2D eigenvalue weighted by atomic mass is 10.3. The molecule has 1 aromatic carbocycles. The van der Waals surface area contributed by atoms with Crippen molar-refractivity contribution in [1.82, 2.24) is 14.9 Å². The molecule has 1 aliphatic rings. The zero-order chi connectivity index (χ0) is 22.5. The van der Waals surface area contributed by atoms with Gasteiger partial charge in [0.05, 0.1) is 11.4 Å². The number of hydrogen-bond acceptors (Lipinski definition) is 7. The van der Waals surface area contributed by atoms with Crippen LogP contribution in [0.1, 0.15) is 19.0 Å². The summed E-state index contributed by atoms with van der Waals surface area (Å²) in [5.41, 5.74) is 0.690. The van der Waals surface area contributed by atoms with Crippen LogP contribution in [0.3, 0.4) is 0 Å². The fourth-order valence-corrected chi connectivity index (χ4v) is 5.00. The number of halogens is 1. The number of carbonyl (C=O) groups excluding carboxylic acids is 2. The van der Waals surface area contributed by atoms with Crippen molar-refractivity contribution in [2.45, 2.75) is 13.3 Å². The largest absolute Gasteiger partial charge is 0.346 e. The molecule has 1 saturated heterocycles. The Morgan fingerprint density at radius 3 is 2.75 bits per heavy atom. The van der Waals surface area contributed by atoms with Crippen molar-refractivity contribution in [2.24, 2.45) is 0 Å². The molecule has 3 aromatic rings. The van der Waals surface area contributed by atoms with E-state index in [2.05, 4.69) is 14.9 Å². The molecule has 2 amide bonds. The van der Waals surface area contributed by atoms with Crippen molar-refractivity contribution < 1.29 is 14.0 Å². The molecule has 166 valence electrons. The Morgan fingerprint density at radius 1 is 1.16 bits per heavy atom. The van der Waals surface area contributed by atoms with E-state index in [9.17, 15) is 14.0 Å². The van der Waals surface area contributed by atoms with Crippen molar-refractivity contribution in [2.75, 3.05) is 36.0 Å². The Labute approximate surface area is 193 Å². The van der Waals surface area contributed by atoms with Crippen LogP contribution in [0.4, 0.5) is 20.3 Å². The third kappa shape index (κ3) is 5.03. The van der Waals surface area contributed by atoms with E-state index in [1.165, 1.54) is 41.4 Å². The van der Waals surface area contributed by atoms with Crippen molar-refractivity contribution in [3.8, 4) is 0 Å². The molecule has 0 radical (unpaired) electrons. The number of aromatic nitrogens is 2. The second-order valence-corrected chi connectivity index (χ2v) is 8.88. The minimum absolute atomic E-state index is 0.0851. The van der Waals surface area contributed by atoms with E-state index >= 15 is 0 Å². The van der Waals surface area contributed by atoms with Gasteiger partial charge in [-0.15, -0.1) is 22.7 Å². The number of amides is 2. The molecule has 1 fully saturated rings. The van der Waals surface area contributed by atoms with E-state index in [0.717, 1.165) is 24.6 Å². The second kappa shape index (κ2) is 10.0. The first-order chi connectivity index (χ1) is 15.5. The van der Waals surface area contributed by atoms with Gasteiger partial charge >= 0.3 is 0 Å². The van der Waals surface area contributed by atoms with Crippen molar-refractivity contribution >= 4 is 56.5 Å². The second-order valence-electron chi connectivity index (χ2n) is 7.17. The Kier molecular flexibility index (Phi) is 6.91. The predicted molar refractivity (Wildman–Crippen MR) is 126 cm³/mol. The van der Waals surface area contributed by atoms with Crippen LogP contribution >= 0.6 is 22.7 Å². The van der Waals surface area contributed by atoms with Crippen molar-refractivity contribution in [3.05, 3.63) is 58.8 Å². The number of anilines is 3. The Morgan fingerprint density at radius 2 is 2.00 bits per heavy atom. The van der Waals surface area contributed by atoms with Crippen LogP contribution in [-0.4, -0.2) is 52.9 Å². The zero-order valence-electron chi connectivity index (χ0n) is 17.5. The van der Waals surface area contributed by atoms with Crippen LogP contribution in [0, 0.1) is 5.82 Å². The third-order valence-corrected chi connectivity index (χ3v) is 6.68. The summed E-state index contributed by atoms with van der Waals surface area (Å²) in [4.78, 5) is 38.9. The molecule has 4 rings (SSSR count). The van der Waals surface area contributed by atoms with Gasteiger partial charge in [0.15, 0.2) is 10.3 Å². The Balaban J connectivity index is 1.42. The summed E-state index contributed by atoms with van der Waals surface area (Å²) in [5, 5.41) is 5.02. The van der Waals surface area contributed by atoms with E-state index in [1.54, 1.807) is 41.1 Å². The molecule has 0 spiro atoms. The monoisotopic (exact) mass is 471 g/mol. The van der Waals surface area contributed by atoms with Gasteiger partial charge in [-0.1, -0.05) is 12.1 Å². The average molecular weight is 472 g/mol. The number of carbonyl (C=O) groups is 2. The maximum Gasteiger partial charge on any atom is 0.246 e. The molecular formula is C22H22FN5O2S2. The molecule has 32 heavy (non-hydrogen) atoms. The molecule has 7 nitrogen and oxygen atoms in total. The minimum Gasteiger partial charge on any atom is -0.346 e. The standard InChI is InChI=1S/C22H22FN5O2S2/c1-16(29)28(19-6-3-2-5-18(19)23)22-25-17(15-32-22)7-8-20(30)26-10-4-11-27(13-12-26)21-24-9-14-31-21/h2-3,5-9,14-15H,4,10-13H2,1H3/b8-7+. The van der Waals surface area contributed by atoms with Crippen LogP contribution in [0.25, 0.3) is 6.08 Å². The van der Waals surface area contributed by atoms with Gasteiger partial charge in [-0.25, -0.2) is 14.4 Å². The summed E-state index contributed by atoms with van der Waals surface area (Å²) >= 11 is 2.82. The smallest absolute Gasteiger partial charge is 0.246 e. The highest BCUT2D eigenvalue weighted by Gasteiger charge is 2.21. The van der Waals surface area contributed by atoms with Crippen LogP contribution in [0.2, 0.25) is 0 Å². The molecule has 0 unspecified atom stereocenters. The van der Waals surface area contributed by atoms with E-state index in [-0.39, 0.29) is 17.5 Å². The fraction of sp³-hybridized carbons (Fsp3) is 0.273. The lowest BCUT2D eigenvalue weighted by molar-refractivity contribution is -0.125. The summed E-state index contributed by atoms with van der Waals surface area (Å²) < 4.78 is 14.2. The summed E-state index contributed by atoms with van der Waals surface area (Å²) in [7, 11) is 0. The van der Waals surface area contributed by atoms with Crippen LogP contribution in [0.5, 0.6) is 0 Å². The number of benzene rings is 1. The lowest BCUT2D eigenvalue weighted by Crippen LogP contribution is -2.34. The summed E-state index contributed by atoms with van der Waals surface area (Å²) in [6.45, 7) is 4.27. The molecular weight excluding hydrogens is 449 g/mol. The summed E-state index contributed by atoms with van der Waals surface area (Å²) in [5.74, 6) is -0.929. The number of hydrogen-bond donors (Lipinski definition) is 0. The Bertz CT molecular complexity index is 1120. The van der Waals surface area contributed by atoms with Gasteiger partial charge in [-0.3, -0.25) is 14.5 Å². The molecule has 2 aromatic heterocycles. The molecule has 10 heteroatoms. The van der Waals surface area contributed by atoms with Crippen LogP contribution in [-0.2, 0) is 9.59 Å². The van der Waals surface area contributed by atoms with Gasteiger partial charge < -0.3 is 9.80 Å². The molecule has 0 N–H and O–H groups in total. The van der Waals surface area contributed by atoms with Crippen molar-refractivity contribution in [3.63, 3.8) is 0 Å². The highest BCUT2D eigenvalue weighted by atomic mass is 32.1. The summed E-state index contributed by atoms with van der Waals surface area (Å²) in [6.07, 6.45) is 5.79. The van der Waals surface area contributed by atoms with Gasteiger partial charge in [0, 0.05) is 56.1 Å². The van der Waals surface area contributed by atoms with E-state index in [0.29, 0.717) is 23.9 Å². The molecule has 3 heterocycles. The minimum atomic E-state index is -0.502. The molecule has 0 aliphatic carbocycles. The van der Waals surface area contributed by atoms with Crippen molar-refractivity contribution in [1.29, 1.82) is 0 Å². The average Bonchev–Trinajstić information content (AvgIpc) is 3.41. The summed E-state index contributed by atoms with van der Waals surface area (Å²) in [6, 6.07) is 6.07. The molecule has 0 bridgehead atoms. The number of para-hydroxylation sites is 1. The molecule has 0 atom stereocenters. The normalized spacial score (nSPS) is 14.6. The van der Waals surface area contributed by atoms with Gasteiger partial charge in [0.25, 0.3) is 0 Å². The first kappa shape index (κ1) is 22.1. The lowest BCUT2D eigenvalue weighted by Gasteiger charge is -2.20. The third-order valence-electron chi connectivity index (χ3n) is 5.00. The Hall–Kier alpha value is -3.11. The molecule has 0 saturated carbocycles. The highest BCUT2D eigenvalue weighted by Crippen LogP contribution is 2.31. The first-order valence-electron chi connectivity index (χ1n) is 10.1. The molecule has 1 aliphatic heterocycles. The van der Waals surface area contributed by atoms with Crippen LogP contribution in [0.15, 0.2) is 47.3 Å². The van der Waals surface area contributed by atoms with E-state index < -0.39 is 5.82 Å². The predicted octanol–water partition coefficient (Wildman–Crippen LogP) is 4.18. The van der Waals surface area contributed by atoms with Gasteiger partial charge in [0.1, 0.15) is 5.82 Å². The van der Waals surface area contributed by atoms with E-state index in [4.69, 9.17) is 0 Å². The first-order valence-corrected chi connectivity index (χ1v) is 11.9. The van der Waals surface area contributed by atoms with E-state index in [1.807, 2.05) is 10.3 Å². The number of thiazole rings is 2. The number of rotatable bonds is 5. The van der Waals surface area contributed by atoms with Gasteiger partial charge in [-0.05, 0) is 24.6 Å².